The third-order valence-electron chi connectivity index (χ3n) is 4.96. The number of H-pyrrole nitrogens is 1. The highest BCUT2D eigenvalue weighted by Crippen LogP contribution is 2.35. The maximum absolute atomic E-state index is 5.48. The largest absolute Gasteiger partial charge is 0.372 e. The van der Waals surface area contributed by atoms with Gasteiger partial charge in [0.2, 0.25) is 0 Å². The van der Waals surface area contributed by atoms with Gasteiger partial charge in [0.1, 0.15) is 12.4 Å². The minimum absolute atomic E-state index is 0.477. The molecule has 2 aromatic rings. The van der Waals surface area contributed by atoms with E-state index in [4.69, 9.17) is 4.74 Å². The van der Waals surface area contributed by atoms with Crippen molar-refractivity contribution in [3.8, 4) is 0 Å². The maximum Gasteiger partial charge on any atom is 0.135 e. The number of nitrogens with zero attached hydrogens (tertiary/aromatic N) is 4. The monoisotopic (exact) mass is 301 g/mol. The van der Waals surface area contributed by atoms with E-state index in [1.807, 2.05) is 6.20 Å². The summed E-state index contributed by atoms with van der Waals surface area (Å²) in [6.45, 7) is 8.70. The van der Waals surface area contributed by atoms with Crippen LogP contribution in [0.3, 0.4) is 0 Å². The Balaban J connectivity index is 1.58. The number of imidazole rings is 1. The van der Waals surface area contributed by atoms with Gasteiger partial charge in [-0.3, -0.25) is 10.00 Å². The molecule has 6 heteroatoms. The zero-order valence-corrected chi connectivity index (χ0v) is 13.3. The van der Waals surface area contributed by atoms with E-state index >= 15 is 0 Å². The second-order valence-electron chi connectivity index (χ2n) is 6.35. The van der Waals surface area contributed by atoms with Gasteiger partial charge in [0.15, 0.2) is 0 Å². The Labute approximate surface area is 130 Å². The van der Waals surface area contributed by atoms with Gasteiger partial charge in [0.05, 0.1) is 18.0 Å². The molecular weight excluding hydrogens is 278 g/mol. The van der Waals surface area contributed by atoms with E-state index in [2.05, 4.69) is 38.5 Å². The summed E-state index contributed by atoms with van der Waals surface area (Å²) in [7, 11) is 0. The predicted octanol–water partition coefficient (Wildman–Crippen LogP) is 2.09. The summed E-state index contributed by atoms with van der Waals surface area (Å²) in [4.78, 5) is 7.09. The first-order valence-electron chi connectivity index (χ1n) is 8.10. The fraction of sp³-hybridized carbons (Fsp3) is 0.625. The number of ether oxygens (including phenoxy) is 1. The molecule has 1 fully saturated rings. The summed E-state index contributed by atoms with van der Waals surface area (Å²) < 4.78 is 7.81. The molecule has 22 heavy (non-hydrogen) atoms. The number of likely N-dealkylation sites (tertiary alicyclic amines) is 1. The third-order valence-corrected chi connectivity index (χ3v) is 4.96. The fourth-order valence-electron chi connectivity index (χ4n) is 3.89. The minimum atomic E-state index is 0.477. The van der Waals surface area contributed by atoms with Gasteiger partial charge in [0.25, 0.3) is 0 Å². The van der Waals surface area contributed by atoms with Crippen LogP contribution >= 0.6 is 0 Å². The van der Waals surface area contributed by atoms with Gasteiger partial charge in [-0.1, -0.05) is 0 Å². The molecule has 0 bridgehead atoms. The maximum atomic E-state index is 5.48. The van der Waals surface area contributed by atoms with Crippen LogP contribution in [0.1, 0.15) is 47.4 Å². The summed E-state index contributed by atoms with van der Waals surface area (Å²) in [5, 5.41) is 7.51. The Hall–Kier alpha value is -1.66. The molecule has 2 aliphatic heterocycles. The molecule has 0 aromatic carbocycles. The van der Waals surface area contributed by atoms with Crippen LogP contribution in [0.4, 0.5) is 0 Å². The Bertz CT molecular complexity index is 655. The fourth-order valence-corrected chi connectivity index (χ4v) is 3.89. The van der Waals surface area contributed by atoms with Gasteiger partial charge in [-0.2, -0.15) is 5.10 Å². The van der Waals surface area contributed by atoms with E-state index < -0.39 is 0 Å². The summed E-state index contributed by atoms with van der Waals surface area (Å²) >= 11 is 0. The minimum Gasteiger partial charge on any atom is -0.372 e. The van der Waals surface area contributed by atoms with E-state index in [0.717, 1.165) is 37.8 Å². The van der Waals surface area contributed by atoms with Gasteiger partial charge < -0.3 is 9.30 Å². The molecule has 0 aliphatic carbocycles. The number of aromatic amines is 1. The van der Waals surface area contributed by atoms with Crippen molar-refractivity contribution in [2.75, 3.05) is 13.2 Å². The smallest absolute Gasteiger partial charge is 0.135 e. The van der Waals surface area contributed by atoms with Crippen molar-refractivity contribution in [1.29, 1.82) is 0 Å². The third kappa shape index (κ3) is 2.27. The van der Waals surface area contributed by atoms with E-state index in [1.165, 1.54) is 29.8 Å². The first kappa shape index (κ1) is 14.0. The van der Waals surface area contributed by atoms with Crippen LogP contribution in [0.5, 0.6) is 0 Å². The number of rotatable bonds is 3. The molecule has 1 saturated heterocycles. The number of hydrogen-bond acceptors (Lipinski definition) is 4. The van der Waals surface area contributed by atoms with Crippen LogP contribution in [-0.4, -0.2) is 37.8 Å². The number of aromatic nitrogens is 4. The Kier molecular flexibility index (Phi) is 3.50. The van der Waals surface area contributed by atoms with Crippen LogP contribution in [-0.2, 0) is 24.4 Å². The second-order valence-corrected chi connectivity index (χ2v) is 6.35. The van der Waals surface area contributed by atoms with Gasteiger partial charge >= 0.3 is 0 Å². The Morgan fingerprint density at radius 1 is 1.36 bits per heavy atom. The summed E-state index contributed by atoms with van der Waals surface area (Å²) in [6.07, 6.45) is 4.48. The first-order valence-corrected chi connectivity index (χ1v) is 8.10. The standard InChI is InChI=1S/C16H23N5O/c1-11-16(12(2)19-18-11)14-4-3-5-20(14)9-13-8-17-15-10-22-7-6-21(13)15/h8,14H,3-7,9-10H2,1-2H3,(H,18,19). The molecule has 2 aromatic heterocycles. The average molecular weight is 301 g/mol. The normalized spacial score (nSPS) is 22.2. The topological polar surface area (TPSA) is 59.0 Å². The van der Waals surface area contributed by atoms with Crippen molar-refractivity contribution in [2.24, 2.45) is 0 Å². The molecule has 118 valence electrons. The molecule has 0 saturated carbocycles. The van der Waals surface area contributed by atoms with Crippen LogP contribution in [0.2, 0.25) is 0 Å². The molecule has 2 aliphatic rings. The molecule has 0 radical (unpaired) electrons. The highest BCUT2D eigenvalue weighted by Gasteiger charge is 2.30. The summed E-state index contributed by atoms with van der Waals surface area (Å²) in [5.74, 6) is 1.06. The van der Waals surface area contributed by atoms with Crippen molar-refractivity contribution in [3.05, 3.63) is 34.7 Å². The zero-order chi connectivity index (χ0) is 15.1. The number of fused-ring (bicyclic) bond motifs is 1. The number of hydrogen-bond donors (Lipinski definition) is 1. The van der Waals surface area contributed by atoms with Crippen LogP contribution in [0, 0.1) is 13.8 Å². The molecule has 1 unspecified atom stereocenters. The van der Waals surface area contributed by atoms with Crippen LogP contribution < -0.4 is 0 Å². The zero-order valence-electron chi connectivity index (χ0n) is 13.3. The summed E-state index contributed by atoms with van der Waals surface area (Å²) in [6, 6.07) is 0.477. The van der Waals surface area contributed by atoms with Crippen LogP contribution in [0.25, 0.3) is 0 Å². The quantitative estimate of drug-likeness (QED) is 0.943. The van der Waals surface area contributed by atoms with E-state index in [1.54, 1.807) is 0 Å². The molecule has 1 N–H and O–H groups in total. The van der Waals surface area contributed by atoms with Crippen molar-refractivity contribution >= 4 is 0 Å². The van der Waals surface area contributed by atoms with Crippen molar-refractivity contribution in [1.82, 2.24) is 24.6 Å². The average Bonchev–Trinajstić information content (AvgIpc) is 3.21. The Morgan fingerprint density at radius 2 is 2.27 bits per heavy atom. The SMILES string of the molecule is Cc1n[nH]c(C)c1C1CCCN1Cc1cnc2n1CCOC2. The van der Waals surface area contributed by atoms with Crippen molar-refractivity contribution < 1.29 is 4.74 Å². The van der Waals surface area contributed by atoms with Crippen LogP contribution in [0.15, 0.2) is 6.20 Å². The van der Waals surface area contributed by atoms with Crippen molar-refractivity contribution in [2.45, 2.75) is 52.4 Å². The number of nitrogens with one attached hydrogen (secondary N) is 1. The van der Waals surface area contributed by atoms with Gasteiger partial charge in [-0.25, -0.2) is 4.98 Å². The first-order chi connectivity index (χ1) is 10.7. The molecule has 4 rings (SSSR count). The lowest BCUT2D eigenvalue weighted by atomic mass is 10.0. The van der Waals surface area contributed by atoms with E-state index in [-0.39, 0.29) is 0 Å². The van der Waals surface area contributed by atoms with Gasteiger partial charge in [-0.05, 0) is 33.2 Å². The second kappa shape index (κ2) is 5.52. The highest BCUT2D eigenvalue weighted by atomic mass is 16.5. The lowest BCUT2D eigenvalue weighted by Gasteiger charge is -2.26. The summed E-state index contributed by atoms with van der Waals surface area (Å²) in [5.41, 5.74) is 5.04. The van der Waals surface area contributed by atoms with E-state index in [9.17, 15) is 0 Å². The molecular formula is C16H23N5O. The van der Waals surface area contributed by atoms with Crippen molar-refractivity contribution in [3.63, 3.8) is 0 Å². The molecule has 0 spiro atoms. The molecule has 6 nitrogen and oxygen atoms in total. The predicted molar refractivity (Wildman–Crippen MR) is 82.3 cm³/mol. The Morgan fingerprint density at radius 3 is 3.09 bits per heavy atom. The lowest BCUT2D eigenvalue weighted by Crippen LogP contribution is -2.26. The molecule has 4 heterocycles. The van der Waals surface area contributed by atoms with E-state index in [0.29, 0.717) is 12.6 Å². The lowest BCUT2D eigenvalue weighted by molar-refractivity contribution is 0.0794. The molecule has 1 atom stereocenters. The van der Waals surface area contributed by atoms with Gasteiger partial charge in [0, 0.05) is 36.6 Å². The molecule has 0 amide bonds. The number of aryl methyl sites for hydroxylation is 2. The highest BCUT2D eigenvalue weighted by molar-refractivity contribution is 5.28. The van der Waals surface area contributed by atoms with Gasteiger partial charge in [-0.15, -0.1) is 0 Å².